The van der Waals surface area contributed by atoms with Gasteiger partial charge in [0.15, 0.2) is 0 Å². The fourth-order valence-electron chi connectivity index (χ4n) is 1.69. The summed E-state index contributed by atoms with van der Waals surface area (Å²) in [7, 11) is 0. The minimum atomic E-state index is -0.0642. The van der Waals surface area contributed by atoms with E-state index in [-0.39, 0.29) is 11.2 Å². The molecule has 0 aliphatic carbocycles. The third-order valence-electron chi connectivity index (χ3n) is 2.78. The Labute approximate surface area is 122 Å². The van der Waals surface area contributed by atoms with Crippen molar-refractivity contribution in [2.45, 2.75) is 25.5 Å². The molecular formula is C14H18N2OS2. The van der Waals surface area contributed by atoms with Crippen LogP contribution in [0.4, 0.5) is 5.69 Å². The van der Waals surface area contributed by atoms with Crippen molar-refractivity contribution in [3.63, 3.8) is 0 Å². The van der Waals surface area contributed by atoms with Crippen LogP contribution in [-0.4, -0.2) is 27.8 Å². The Morgan fingerprint density at radius 2 is 2.21 bits per heavy atom. The average Bonchev–Trinajstić information content (AvgIpc) is 2.91. The molecule has 1 aromatic rings. The van der Waals surface area contributed by atoms with E-state index in [2.05, 4.69) is 10.3 Å². The molecular weight excluding hydrogens is 276 g/mol. The van der Waals surface area contributed by atoms with Gasteiger partial charge in [0, 0.05) is 11.4 Å². The van der Waals surface area contributed by atoms with Crippen LogP contribution in [0.3, 0.4) is 0 Å². The minimum Gasteiger partial charge on any atom is -0.325 e. The number of thioether (sulfide) groups is 2. The topological polar surface area (TPSA) is 41.5 Å². The Kier molecular flexibility index (Phi) is 5.34. The fraction of sp³-hybridized carbons (Fsp3) is 0.429. The van der Waals surface area contributed by atoms with E-state index in [1.807, 2.05) is 38.1 Å². The van der Waals surface area contributed by atoms with Gasteiger partial charge >= 0.3 is 0 Å². The van der Waals surface area contributed by atoms with Gasteiger partial charge < -0.3 is 5.32 Å². The molecule has 0 spiro atoms. The number of carbonyl (C=O) groups excluding carboxylic acids is 1. The number of nitrogens with zero attached hydrogens (tertiary/aromatic N) is 1. The summed E-state index contributed by atoms with van der Waals surface area (Å²) in [4.78, 5) is 16.6. The minimum absolute atomic E-state index is 0.0616. The van der Waals surface area contributed by atoms with Crippen molar-refractivity contribution in [3.8, 4) is 0 Å². The monoisotopic (exact) mass is 294 g/mol. The van der Waals surface area contributed by atoms with Crippen LogP contribution >= 0.6 is 23.5 Å². The van der Waals surface area contributed by atoms with Crippen LogP contribution in [0.15, 0.2) is 29.3 Å². The standard InChI is InChI=1S/C14H18N2OS2/c1-3-12(19-14-15-8-9-18-14)13(17)16-11-6-4-10(2)5-7-11/h4-7,12H,3,8-9H2,1-2H3,(H,16,17). The van der Waals surface area contributed by atoms with Crippen molar-refractivity contribution < 1.29 is 4.79 Å². The molecule has 1 atom stereocenters. The molecule has 102 valence electrons. The van der Waals surface area contributed by atoms with E-state index in [9.17, 15) is 4.79 Å². The summed E-state index contributed by atoms with van der Waals surface area (Å²) in [6.07, 6.45) is 0.807. The number of anilines is 1. The van der Waals surface area contributed by atoms with Gasteiger partial charge in [-0.25, -0.2) is 0 Å². The highest BCUT2D eigenvalue weighted by Gasteiger charge is 2.21. The molecule has 0 bridgehead atoms. The molecule has 1 unspecified atom stereocenters. The molecule has 1 aliphatic rings. The van der Waals surface area contributed by atoms with E-state index in [0.717, 1.165) is 28.8 Å². The third kappa shape index (κ3) is 4.28. The van der Waals surface area contributed by atoms with Gasteiger partial charge in [0.25, 0.3) is 0 Å². The molecule has 1 heterocycles. The van der Waals surface area contributed by atoms with Gasteiger partial charge in [-0.3, -0.25) is 9.79 Å². The van der Waals surface area contributed by atoms with E-state index in [0.29, 0.717) is 0 Å². The maximum Gasteiger partial charge on any atom is 0.237 e. The van der Waals surface area contributed by atoms with Crippen LogP contribution in [-0.2, 0) is 4.79 Å². The average molecular weight is 294 g/mol. The molecule has 0 saturated carbocycles. The lowest BCUT2D eigenvalue weighted by molar-refractivity contribution is -0.115. The summed E-state index contributed by atoms with van der Waals surface area (Å²) in [5.41, 5.74) is 2.05. The molecule has 0 aromatic heterocycles. The molecule has 1 N–H and O–H groups in total. The molecule has 0 fully saturated rings. The summed E-state index contributed by atoms with van der Waals surface area (Å²) >= 11 is 3.33. The Bertz CT molecular complexity index is 471. The quantitative estimate of drug-likeness (QED) is 0.923. The lowest BCUT2D eigenvalue weighted by Crippen LogP contribution is -2.25. The van der Waals surface area contributed by atoms with E-state index < -0.39 is 0 Å². The van der Waals surface area contributed by atoms with Crippen LogP contribution in [0.5, 0.6) is 0 Å². The molecule has 0 saturated heterocycles. The molecule has 3 nitrogen and oxygen atoms in total. The normalized spacial score (nSPS) is 16.0. The molecule has 1 aromatic carbocycles. The van der Waals surface area contributed by atoms with E-state index in [4.69, 9.17) is 0 Å². The molecule has 1 aliphatic heterocycles. The number of nitrogens with one attached hydrogen (secondary N) is 1. The number of carbonyl (C=O) groups is 1. The molecule has 0 radical (unpaired) electrons. The molecule has 5 heteroatoms. The van der Waals surface area contributed by atoms with Crippen molar-refractivity contribution in [1.29, 1.82) is 0 Å². The number of aliphatic imine (C=N–C) groups is 1. The maximum absolute atomic E-state index is 12.2. The van der Waals surface area contributed by atoms with Gasteiger partial charge in [-0.15, -0.1) is 0 Å². The van der Waals surface area contributed by atoms with Gasteiger partial charge in [0.05, 0.1) is 11.8 Å². The van der Waals surface area contributed by atoms with Crippen molar-refractivity contribution in [3.05, 3.63) is 29.8 Å². The molecule has 1 amide bonds. The third-order valence-corrected chi connectivity index (χ3v) is 5.35. The van der Waals surface area contributed by atoms with Gasteiger partial charge in [-0.1, -0.05) is 48.1 Å². The van der Waals surface area contributed by atoms with Crippen molar-refractivity contribution in [2.75, 3.05) is 17.6 Å². The van der Waals surface area contributed by atoms with Crippen LogP contribution in [0.2, 0.25) is 0 Å². The van der Waals surface area contributed by atoms with Crippen molar-refractivity contribution >= 4 is 39.5 Å². The Morgan fingerprint density at radius 3 is 2.79 bits per heavy atom. The number of hydrogen-bond acceptors (Lipinski definition) is 4. The first-order valence-corrected chi connectivity index (χ1v) is 8.27. The predicted octanol–water partition coefficient (Wildman–Crippen LogP) is 3.55. The Morgan fingerprint density at radius 1 is 1.47 bits per heavy atom. The molecule has 19 heavy (non-hydrogen) atoms. The van der Waals surface area contributed by atoms with Crippen molar-refractivity contribution in [1.82, 2.24) is 0 Å². The van der Waals surface area contributed by atoms with E-state index >= 15 is 0 Å². The smallest absolute Gasteiger partial charge is 0.237 e. The zero-order chi connectivity index (χ0) is 13.7. The van der Waals surface area contributed by atoms with Gasteiger partial charge in [-0.2, -0.15) is 0 Å². The van der Waals surface area contributed by atoms with E-state index in [1.165, 1.54) is 5.56 Å². The highest BCUT2D eigenvalue weighted by Crippen LogP contribution is 2.28. The Hall–Kier alpha value is -0.940. The maximum atomic E-state index is 12.2. The summed E-state index contributed by atoms with van der Waals surface area (Å²) in [6.45, 7) is 4.95. The second-order valence-corrected chi connectivity index (χ2v) is 6.90. The molecule has 2 rings (SSSR count). The number of aryl methyl sites for hydroxylation is 1. The largest absolute Gasteiger partial charge is 0.325 e. The lowest BCUT2D eigenvalue weighted by atomic mass is 10.2. The summed E-state index contributed by atoms with van der Waals surface area (Å²) in [5, 5.41) is 2.91. The zero-order valence-corrected chi connectivity index (χ0v) is 12.8. The SMILES string of the molecule is CCC(SC1=NCCS1)C(=O)Nc1ccc(C)cc1. The first kappa shape index (κ1) is 14.5. The lowest BCUT2D eigenvalue weighted by Gasteiger charge is -2.14. The van der Waals surface area contributed by atoms with Crippen LogP contribution in [0.1, 0.15) is 18.9 Å². The Balaban J connectivity index is 1.94. The zero-order valence-electron chi connectivity index (χ0n) is 11.2. The number of amides is 1. The van der Waals surface area contributed by atoms with Crippen LogP contribution in [0.25, 0.3) is 0 Å². The summed E-state index contributed by atoms with van der Waals surface area (Å²) in [6, 6.07) is 7.88. The summed E-state index contributed by atoms with van der Waals surface area (Å²) < 4.78 is 1.05. The number of hydrogen-bond donors (Lipinski definition) is 1. The number of benzene rings is 1. The highest BCUT2D eigenvalue weighted by molar-refractivity contribution is 8.39. The van der Waals surface area contributed by atoms with Crippen molar-refractivity contribution in [2.24, 2.45) is 4.99 Å². The van der Waals surface area contributed by atoms with E-state index in [1.54, 1.807) is 23.5 Å². The van der Waals surface area contributed by atoms with Gasteiger partial charge in [-0.05, 0) is 25.5 Å². The van der Waals surface area contributed by atoms with Gasteiger partial charge in [0.1, 0.15) is 4.38 Å². The number of rotatable bonds is 4. The van der Waals surface area contributed by atoms with Crippen LogP contribution in [0, 0.1) is 6.92 Å². The first-order valence-electron chi connectivity index (χ1n) is 6.40. The summed E-state index contributed by atoms with van der Waals surface area (Å²) in [5.74, 6) is 1.10. The second kappa shape index (κ2) is 7.01. The highest BCUT2D eigenvalue weighted by atomic mass is 32.2. The van der Waals surface area contributed by atoms with Crippen LogP contribution < -0.4 is 5.32 Å². The fourth-order valence-corrected chi connectivity index (χ4v) is 3.84. The van der Waals surface area contributed by atoms with Gasteiger partial charge in [0.2, 0.25) is 5.91 Å². The predicted molar refractivity (Wildman–Crippen MR) is 86.2 cm³/mol. The second-order valence-electron chi connectivity index (χ2n) is 4.37. The first-order chi connectivity index (χ1) is 9.19.